The lowest BCUT2D eigenvalue weighted by Crippen LogP contribution is -2.45. The van der Waals surface area contributed by atoms with E-state index >= 15 is 0 Å². The maximum atomic E-state index is 12.9. The van der Waals surface area contributed by atoms with Crippen LogP contribution in [0.25, 0.3) is 0 Å². The van der Waals surface area contributed by atoms with E-state index in [-0.39, 0.29) is 16.6 Å². The molecule has 2 N–H and O–H groups in total. The Balaban J connectivity index is 1.53. The highest BCUT2D eigenvalue weighted by atomic mass is 32.2. The maximum absolute atomic E-state index is 12.9. The number of benzene rings is 1. The molecule has 1 atom stereocenters. The first-order valence-corrected chi connectivity index (χ1v) is 12.6. The molecule has 0 aliphatic carbocycles. The summed E-state index contributed by atoms with van der Waals surface area (Å²) in [6, 6.07) is 7.90. The van der Waals surface area contributed by atoms with Gasteiger partial charge in [0.15, 0.2) is 5.25 Å². The first-order chi connectivity index (χ1) is 14.8. The van der Waals surface area contributed by atoms with Crippen LogP contribution >= 0.6 is 11.8 Å². The summed E-state index contributed by atoms with van der Waals surface area (Å²) in [6.45, 7) is 3.19. The molecule has 164 valence electrons. The van der Waals surface area contributed by atoms with Crippen LogP contribution < -0.4 is 10.0 Å². The maximum Gasteiger partial charge on any atom is 0.263 e. The molecule has 10 heteroatoms. The van der Waals surface area contributed by atoms with Gasteiger partial charge in [-0.05, 0) is 55.7 Å². The molecule has 4 rings (SSSR count). The number of hydrogen-bond donors (Lipinski definition) is 2. The molecular formula is C21H24N4O4S2. The summed E-state index contributed by atoms with van der Waals surface area (Å²) >= 11 is 1.17. The van der Waals surface area contributed by atoms with Gasteiger partial charge in [0.25, 0.3) is 10.0 Å². The Morgan fingerprint density at radius 2 is 1.90 bits per heavy atom. The molecule has 0 radical (unpaired) electrons. The molecule has 2 amide bonds. The number of likely N-dealkylation sites (tertiary alicyclic amines) is 1. The number of sulfonamides is 1. The van der Waals surface area contributed by atoms with Crippen LogP contribution in [0.2, 0.25) is 0 Å². The number of amides is 2. The lowest BCUT2D eigenvalue weighted by Gasteiger charge is -2.28. The topological polar surface area (TPSA) is 108 Å². The fourth-order valence-corrected chi connectivity index (χ4v) is 5.74. The third-order valence-corrected chi connectivity index (χ3v) is 7.91. The van der Waals surface area contributed by atoms with Crippen molar-refractivity contribution in [2.75, 3.05) is 23.1 Å². The highest BCUT2D eigenvalue weighted by molar-refractivity contribution is 8.01. The predicted octanol–water partition coefficient (Wildman–Crippen LogP) is 3.01. The number of aromatic nitrogens is 1. The Morgan fingerprint density at radius 3 is 2.61 bits per heavy atom. The van der Waals surface area contributed by atoms with E-state index in [1.54, 1.807) is 23.1 Å². The van der Waals surface area contributed by atoms with Crippen molar-refractivity contribution in [3.8, 4) is 0 Å². The van der Waals surface area contributed by atoms with E-state index in [0.717, 1.165) is 31.2 Å². The number of carbonyl (C=O) groups excluding carboxylic acids is 2. The lowest BCUT2D eigenvalue weighted by atomic mass is 10.2. The summed E-state index contributed by atoms with van der Waals surface area (Å²) in [4.78, 5) is 32.0. The number of nitrogens with one attached hydrogen (secondary N) is 2. The number of nitrogens with zero attached hydrogens (tertiary/aromatic N) is 2. The van der Waals surface area contributed by atoms with Crippen LogP contribution in [0, 0.1) is 6.92 Å². The van der Waals surface area contributed by atoms with Gasteiger partial charge >= 0.3 is 0 Å². The molecule has 1 aromatic heterocycles. The second kappa shape index (κ2) is 8.88. The zero-order valence-corrected chi connectivity index (χ0v) is 18.8. The number of carbonyl (C=O) groups is 2. The van der Waals surface area contributed by atoms with Crippen LogP contribution in [0.4, 0.5) is 11.5 Å². The zero-order chi connectivity index (χ0) is 22.0. The molecule has 0 saturated carbocycles. The quantitative estimate of drug-likeness (QED) is 0.679. The predicted molar refractivity (Wildman–Crippen MR) is 120 cm³/mol. The minimum Gasteiger partial charge on any atom is -0.341 e. The van der Waals surface area contributed by atoms with Gasteiger partial charge in [-0.15, -0.1) is 11.8 Å². The van der Waals surface area contributed by atoms with E-state index < -0.39 is 21.2 Å². The van der Waals surface area contributed by atoms with Gasteiger partial charge in [0.2, 0.25) is 11.8 Å². The molecule has 0 spiro atoms. The number of pyridine rings is 1. The number of fused-ring (bicyclic) bond motifs is 1. The summed E-state index contributed by atoms with van der Waals surface area (Å²) in [7, 11) is -3.88. The number of aryl methyl sites for hydroxylation is 1. The Kier molecular flexibility index (Phi) is 6.19. The summed E-state index contributed by atoms with van der Waals surface area (Å²) in [5.41, 5.74) is 1.26. The largest absolute Gasteiger partial charge is 0.341 e. The average Bonchev–Trinajstić information content (AvgIpc) is 3.01. The third-order valence-electron chi connectivity index (χ3n) is 5.30. The third kappa shape index (κ3) is 4.85. The van der Waals surface area contributed by atoms with Gasteiger partial charge in [-0.1, -0.05) is 12.8 Å². The standard InChI is InChI=1S/C21H24N4O4S2/c1-14-8-9-22-18(12-14)24-31(28,29)15-6-7-17-16(13-15)23-20(26)19(30-17)21(27)25-10-4-2-3-5-11-25/h6-9,12-13,19H,2-5,10-11H2,1H3,(H,22,24)(H,23,26)/t19-/m1/s1. The second-order valence-electron chi connectivity index (χ2n) is 7.71. The van der Waals surface area contributed by atoms with Crippen molar-refractivity contribution in [3.05, 3.63) is 42.1 Å². The van der Waals surface area contributed by atoms with Crippen molar-refractivity contribution in [1.82, 2.24) is 9.88 Å². The molecule has 31 heavy (non-hydrogen) atoms. The lowest BCUT2D eigenvalue weighted by molar-refractivity contribution is -0.133. The van der Waals surface area contributed by atoms with Gasteiger partial charge in [-0.25, -0.2) is 13.4 Å². The van der Waals surface area contributed by atoms with E-state index in [2.05, 4.69) is 15.0 Å². The fraction of sp³-hybridized carbons (Fsp3) is 0.381. The Hall–Kier alpha value is -2.59. The highest BCUT2D eigenvalue weighted by Crippen LogP contribution is 2.38. The van der Waals surface area contributed by atoms with Gasteiger partial charge in [0.1, 0.15) is 5.82 Å². The molecule has 8 nitrogen and oxygen atoms in total. The first-order valence-electron chi connectivity index (χ1n) is 10.2. The fourth-order valence-electron chi connectivity index (χ4n) is 3.66. The number of rotatable bonds is 4. The first kappa shape index (κ1) is 21.6. The van der Waals surface area contributed by atoms with E-state index in [4.69, 9.17) is 0 Å². The highest BCUT2D eigenvalue weighted by Gasteiger charge is 2.36. The summed E-state index contributed by atoms with van der Waals surface area (Å²) in [5, 5.41) is 1.86. The van der Waals surface area contributed by atoms with Gasteiger partial charge in [0, 0.05) is 24.2 Å². The smallest absolute Gasteiger partial charge is 0.263 e. The van der Waals surface area contributed by atoms with Crippen LogP contribution in [-0.4, -0.2) is 48.5 Å². The van der Waals surface area contributed by atoms with E-state index in [9.17, 15) is 18.0 Å². The second-order valence-corrected chi connectivity index (χ2v) is 10.5. The SMILES string of the molecule is Cc1ccnc(NS(=O)(=O)c2ccc3c(c2)NC(=O)[C@H](C(=O)N2CCCCCC2)S3)c1. The number of anilines is 2. The molecule has 1 saturated heterocycles. The summed E-state index contributed by atoms with van der Waals surface area (Å²) in [6.07, 6.45) is 5.62. The Labute approximate surface area is 185 Å². The van der Waals surface area contributed by atoms with Crippen molar-refractivity contribution < 1.29 is 18.0 Å². The molecule has 0 unspecified atom stereocenters. The minimum absolute atomic E-state index is 0.00718. The van der Waals surface area contributed by atoms with Gasteiger partial charge in [-0.3, -0.25) is 14.3 Å². The molecule has 0 bridgehead atoms. The van der Waals surface area contributed by atoms with Crippen LogP contribution in [-0.2, 0) is 19.6 Å². The molecule has 2 aliphatic heterocycles. The van der Waals surface area contributed by atoms with Crippen molar-refractivity contribution in [3.63, 3.8) is 0 Å². The van der Waals surface area contributed by atoms with Crippen molar-refractivity contribution in [2.24, 2.45) is 0 Å². The van der Waals surface area contributed by atoms with E-state index in [0.29, 0.717) is 23.7 Å². The molecule has 2 aromatic rings. The molecular weight excluding hydrogens is 436 g/mol. The van der Waals surface area contributed by atoms with Gasteiger partial charge in [-0.2, -0.15) is 0 Å². The monoisotopic (exact) mass is 460 g/mol. The van der Waals surface area contributed by atoms with Crippen LogP contribution in [0.1, 0.15) is 31.2 Å². The molecule has 1 aromatic carbocycles. The number of thioether (sulfide) groups is 1. The van der Waals surface area contributed by atoms with Gasteiger partial charge in [0.05, 0.1) is 10.6 Å². The van der Waals surface area contributed by atoms with Crippen LogP contribution in [0.5, 0.6) is 0 Å². The molecule has 1 fully saturated rings. The van der Waals surface area contributed by atoms with Crippen LogP contribution in [0.3, 0.4) is 0 Å². The minimum atomic E-state index is -3.88. The van der Waals surface area contributed by atoms with Gasteiger partial charge < -0.3 is 10.2 Å². The van der Waals surface area contributed by atoms with Crippen molar-refractivity contribution in [2.45, 2.75) is 47.6 Å². The molecule has 2 aliphatic rings. The normalized spacial score (nSPS) is 19.2. The van der Waals surface area contributed by atoms with Crippen LogP contribution in [0.15, 0.2) is 46.3 Å². The van der Waals surface area contributed by atoms with Crippen molar-refractivity contribution in [1.29, 1.82) is 0 Å². The van der Waals surface area contributed by atoms with E-state index in [1.165, 1.54) is 30.1 Å². The average molecular weight is 461 g/mol. The number of hydrogen-bond acceptors (Lipinski definition) is 6. The van der Waals surface area contributed by atoms with E-state index in [1.807, 2.05) is 6.92 Å². The Morgan fingerprint density at radius 1 is 1.16 bits per heavy atom. The van der Waals surface area contributed by atoms with Crippen molar-refractivity contribution >= 4 is 45.1 Å². The molecule has 3 heterocycles. The summed E-state index contributed by atoms with van der Waals surface area (Å²) in [5.74, 6) is -0.382. The summed E-state index contributed by atoms with van der Waals surface area (Å²) < 4.78 is 28.0. The Bertz CT molecular complexity index is 1110. The zero-order valence-electron chi connectivity index (χ0n) is 17.1.